The summed E-state index contributed by atoms with van der Waals surface area (Å²) in [6.07, 6.45) is 3.16. The van der Waals surface area contributed by atoms with E-state index in [9.17, 15) is 8.42 Å². The van der Waals surface area contributed by atoms with Crippen LogP contribution in [-0.2, 0) is 29.5 Å². The molecule has 1 aliphatic rings. The maximum absolute atomic E-state index is 11.9. The van der Waals surface area contributed by atoms with Crippen LogP contribution in [0.2, 0.25) is 0 Å². The van der Waals surface area contributed by atoms with Gasteiger partial charge in [-0.15, -0.1) is 22.7 Å². The first kappa shape index (κ1) is 21.8. The molecule has 0 saturated carbocycles. The molecular formula is C23H26N4O2S3. The Labute approximate surface area is 196 Å². The monoisotopic (exact) mass is 486 g/mol. The summed E-state index contributed by atoms with van der Waals surface area (Å²) in [5, 5.41) is 9.69. The first-order chi connectivity index (χ1) is 15.5. The Morgan fingerprint density at radius 1 is 1.19 bits per heavy atom. The molecule has 1 aliphatic heterocycles. The number of unbranched alkanes of at least 4 members (excludes halogenated alkanes) is 1. The molecule has 1 unspecified atom stereocenters. The first-order valence-electron chi connectivity index (χ1n) is 10.8. The zero-order valence-electron chi connectivity index (χ0n) is 17.9. The van der Waals surface area contributed by atoms with Crippen LogP contribution in [0.3, 0.4) is 0 Å². The lowest BCUT2D eigenvalue weighted by atomic mass is 9.98. The molecule has 0 amide bonds. The molecule has 4 aromatic rings. The van der Waals surface area contributed by atoms with Gasteiger partial charge in [0.1, 0.15) is 5.82 Å². The van der Waals surface area contributed by atoms with Crippen molar-refractivity contribution in [1.82, 2.24) is 14.5 Å². The van der Waals surface area contributed by atoms with Gasteiger partial charge < -0.3 is 4.57 Å². The Morgan fingerprint density at radius 3 is 2.81 bits per heavy atom. The van der Waals surface area contributed by atoms with Gasteiger partial charge in [-0.25, -0.2) is 18.5 Å². The summed E-state index contributed by atoms with van der Waals surface area (Å²) in [6.45, 7) is 4.71. The molecule has 0 spiro atoms. The van der Waals surface area contributed by atoms with Crippen LogP contribution in [-0.4, -0.2) is 29.4 Å². The fraction of sp³-hybridized carbons (Fsp3) is 0.348. The van der Waals surface area contributed by atoms with E-state index in [4.69, 9.17) is 10.1 Å². The summed E-state index contributed by atoms with van der Waals surface area (Å²) >= 11 is 3.64. The number of aryl methyl sites for hydroxylation is 1. The predicted octanol–water partition coefficient (Wildman–Crippen LogP) is 4.75. The SMILES string of the molecule is CCCCn1c(CN2CCc3sccc3C2c2cccs2)nc2cc(S(N)(=O)=O)ccc21. The number of nitrogens with two attached hydrogens (primary N) is 1. The number of primary sulfonamides is 1. The lowest BCUT2D eigenvalue weighted by molar-refractivity contribution is 0.201. The van der Waals surface area contributed by atoms with Crippen LogP contribution in [0.15, 0.2) is 52.1 Å². The van der Waals surface area contributed by atoms with E-state index in [0.29, 0.717) is 12.1 Å². The quantitative estimate of drug-likeness (QED) is 0.409. The number of thiophene rings is 2. The second-order valence-corrected chi connectivity index (χ2v) is 11.7. The van der Waals surface area contributed by atoms with Crippen LogP contribution in [0.5, 0.6) is 0 Å². The molecule has 2 N–H and O–H groups in total. The van der Waals surface area contributed by atoms with Crippen molar-refractivity contribution in [3.05, 3.63) is 68.3 Å². The highest BCUT2D eigenvalue weighted by Crippen LogP contribution is 2.40. The summed E-state index contributed by atoms with van der Waals surface area (Å²) in [7, 11) is -3.76. The Balaban J connectivity index is 1.56. The normalized spacial score (nSPS) is 17.1. The topological polar surface area (TPSA) is 81.2 Å². The standard InChI is InChI=1S/C23H26N4O2S3/c1-2-3-10-27-19-7-6-16(32(24,28)29)14-18(19)25-22(27)15-26-11-8-20-17(9-13-31-20)23(26)21-5-4-12-30-21/h4-7,9,12-14,23H,2-3,8,10-11,15H2,1H3,(H2,24,28,29). The fourth-order valence-corrected chi connectivity index (χ4v) is 6.84. The van der Waals surface area contributed by atoms with Crippen molar-refractivity contribution in [2.24, 2.45) is 5.14 Å². The number of rotatable bonds is 7. The summed E-state index contributed by atoms with van der Waals surface area (Å²) in [5.74, 6) is 0.972. The molecule has 5 rings (SSSR count). The molecule has 0 saturated heterocycles. The molecule has 0 radical (unpaired) electrons. The first-order valence-corrected chi connectivity index (χ1v) is 14.1. The third kappa shape index (κ3) is 4.04. The number of imidazole rings is 1. The molecule has 0 aliphatic carbocycles. The molecule has 1 aromatic carbocycles. The highest BCUT2D eigenvalue weighted by Gasteiger charge is 2.31. The van der Waals surface area contributed by atoms with E-state index in [2.05, 4.69) is 45.3 Å². The van der Waals surface area contributed by atoms with Crippen molar-refractivity contribution in [3.63, 3.8) is 0 Å². The second-order valence-electron chi connectivity index (χ2n) is 8.17. The Bertz CT molecular complexity index is 1340. The largest absolute Gasteiger partial charge is 0.327 e. The van der Waals surface area contributed by atoms with E-state index in [1.54, 1.807) is 23.5 Å². The Hall–Kier alpha value is -2.04. The van der Waals surface area contributed by atoms with E-state index in [-0.39, 0.29) is 10.9 Å². The van der Waals surface area contributed by atoms with Gasteiger partial charge in [0.2, 0.25) is 10.0 Å². The molecule has 3 aromatic heterocycles. The van der Waals surface area contributed by atoms with Crippen LogP contribution in [0, 0.1) is 0 Å². The molecule has 0 fully saturated rings. The molecule has 4 heterocycles. The smallest absolute Gasteiger partial charge is 0.238 e. The van der Waals surface area contributed by atoms with Crippen LogP contribution < -0.4 is 5.14 Å². The van der Waals surface area contributed by atoms with Gasteiger partial charge in [0, 0.05) is 22.8 Å². The van der Waals surface area contributed by atoms with Crippen molar-refractivity contribution >= 4 is 43.7 Å². The zero-order valence-corrected chi connectivity index (χ0v) is 20.3. The summed E-state index contributed by atoms with van der Waals surface area (Å²) in [4.78, 5) is 10.3. The van der Waals surface area contributed by atoms with Crippen molar-refractivity contribution in [2.75, 3.05) is 6.54 Å². The van der Waals surface area contributed by atoms with E-state index < -0.39 is 10.0 Å². The van der Waals surface area contributed by atoms with Gasteiger partial charge in [-0.1, -0.05) is 19.4 Å². The van der Waals surface area contributed by atoms with Crippen molar-refractivity contribution in [2.45, 2.75) is 50.2 Å². The van der Waals surface area contributed by atoms with E-state index in [0.717, 1.165) is 43.7 Å². The van der Waals surface area contributed by atoms with Gasteiger partial charge in [-0.3, -0.25) is 4.90 Å². The number of hydrogen-bond donors (Lipinski definition) is 1. The minimum absolute atomic E-state index is 0.106. The van der Waals surface area contributed by atoms with Crippen LogP contribution >= 0.6 is 22.7 Å². The predicted molar refractivity (Wildman–Crippen MR) is 131 cm³/mol. The van der Waals surface area contributed by atoms with E-state index in [1.807, 2.05) is 17.4 Å². The van der Waals surface area contributed by atoms with Gasteiger partial charge in [-0.2, -0.15) is 0 Å². The number of aromatic nitrogens is 2. The highest BCUT2D eigenvalue weighted by atomic mass is 32.2. The van der Waals surface area contributed by atoms with Gasteiger partial charge in [0.05, 0.1) is 28.5 Å². The number of hydrogen-bond acceptors (Lipinski definition) is 6. The summed E-state index contributed by atoms with van der Waals surface area (Å²) in [5.41, 5.74) is 3.04. The molecule has 1 atom stereocenters. The van der Waals surface area contributed by atoms with E-state index >= 15 is 0 Å². The van der Waals surface area contributed by atoms with Gasteiger partial charge >= 0.3 is 0 Å². The number of nitrogens with zero attached hydrogens (tertiary/aromatic N) is 3. The average Bonchev–Trinajstić information content (AvgIpc) is 3.51. The van der Waals surface area contributed by atoms with Crippen LogP contribution in [0.25, 0.3) is 11.0 Å². The number of sulfonamides is 1. The Kier molecular flexibility index (Phi) is 5.94. The minimum atomic E-state index is -3.76. The highest BCUT2D eigenvalue weighted by molar-refractivity contribution is 7.89. The third-order valence-electron chi connectivity index (χ3n) is 6.09. The molecule has 9 heteroatoms. The van der Waals surface area contributed by atoms with E-state index in [1.165, 1.54) is 15.3 Å². The fourth-order valence-electron chi connectivity index (χ4n) is 4.52. The van der Waals surface area contributed by atoms with Crippen LogP contribution in [0.1, 0.15) is 46.9 Å². The van der Waals surface area contributed by atoms with Gasteiger partial charge in [0.15, 0.2) is 0 Å². The maximum Gasteiger partial charge on any atom is 0.238 e. The minimum Gasteiger partial charge on any atom is -0.327 e. The summed E-state index contributed by atoms with van der Waals surface area (Å²) in [6, 6.07) is 11.8. The maximum atomic E-state index is 11.9. The van der Waals surface area contributed by atoms with Gasteiger partial charge in [-0.05, 0) is 59.5 Å². The van der Waals surface area contributed by atoms with Crippen LogP contribution in [0.4, 0.5) is 0 Å². The summed E-state index contributed by atoms with van der Waals surface area (Å²) < 4.78 is 26.0. The lowest BCUT2D eigenvalue weighted by Crippen LogP contribution is -2.35. The lowest BCUT2D eigenvalue weighted by Gasteiger charge is -2.35. The van der Waals surface area contributed by atoms with Gasteiger partial charge in [0.25, 0.3) is 0 Å². The van der Waals surface area contributed by atoms with Crippen molar-refractivity contribution < 1.29 is 8.42 Å². The van der Waals surface area contributed by atoms with Crippen molar-refractivity contribution in [1.29, 1.82) is 0 Å². The second kappa shape index (κ2) is 8.72. The zero-order chi connectivity index (χ0) is 22.3. The number of benzene rings is 1. The molecule has 32 heavy (non-hydrogen) atoms. The Morgan fingerprint density at radius 2 is 2.06 bits per heavy atom. The average molecular weight is 487 g/mol. The third-order valence-corrected chi connectivity index (χ3v) is 8.92. The van der Waals surface area contributed by atoms with Crippen molar-refractivity contribution in [3.8, 4) is 0 Å². The number of fused-ring (bicyclic) bond motifs is 2. The molecular weight excluding hydrogens is 460 g/mol. The molecule has 6 nitrogen and oxygen atoms in total. The molecule has 0 bridgehead atoms. The molecule has 168 valence electrons.